The summed E-state index contributed by atoms with van der Waals surface area (Å²) >= 11 is 0. The van der Waals surface area contributed by atoms with Crippen LogP contribution in [0.5, 0.6) is 0 Å². The van der Waals surface area contributed by atoms with Crippen LogP contribution < -0.4 is 0 Å². The molecule has 0 saturated carbocycles. The lowest BCUT2D eigenvalue weighted by Crippen LogP contribution is -2.23. The number of carbonyl (C=O) groups excluding carboxylic acids is 1. The van der Waals surface area contributed by atoms with Crippen molar-refractivity contribution in [2.75, 3.05) is 6.61 Å². The highest BCUT2D eigenvalue weighted by atomic mass is 31.2. The van der Waals surface area contributed by atoms with E-state index < -0.39 is 19.9 Å². The second-order valence-electron chi connectivity index (χ2n) is 3.74. The summed E-state index contributed by atoms with van der Waals surface area (Å²) in [6, 6.07) is 9.29. The van der Waals surface area contributed by atoms with Crippen molar-refractivity contribution in [3.8, 4) is 0 Å². The number of rotatable bonds is 7. The van der Waals surface area contributed by atoms with Crippen molar-refractivity contribution >= 4 is 13.8 Å². The van der Waals surface area contributed by atoms with Gasteiger partial charge in [-0.25, -0.2) is 9.36 Å². The Morgan fingerprint density at radius 1 is 1.26 bits per heavy atom. The second-order valence-corrected chi connectivity index (χ2v) is 4.91. The lowest BCUT2D eigenvalue weighted by Gasteiger charge is -2.11. The molecule has 1 aromatic rings. The van der Waals surface area contributed by atoms with Crippen molar-refractivity contribution in [1.82, 2.24) is 0 Å². The zero-order valence-corrected chi connectivity index (χ0v) is 10.9. The van der Waals surface area contributed by atoms with Gasteiger partial charge in [0.05, 0.1) is 13.2 Å². The van der Waals surface area contributed by atoms with Crippen molar-refractivity contribution in [2.45, 2.75) is 19.1 Å². The van der Waals surface area contributed by atoms with E-state index in [0.29, 0.717) is 6.61 Å². The van der Waals surface area contributed by atoms with Gasteiger partial charge in [-0.15, -0.1) is 0 Å². The molecule has 1 rings (SSSR count). The van der Waals surface area contributed by atoms with Crippen molar-refractivity contribution < 1.29 is 33.5 Å². The first-order valence-electron chi connectivity index (χ1n) is 5.47. The lowest BCUT2D eigenvalue weighted by atomic mass is 10.2. The first-order chi connectivity index (χ1) is 8.88. The van der Waals surface area contributed by atoms with E-state index in [2.05, 4.69) is 4.52 Å². The number of benzene rings is 1. The minimum absolute atomic E-state index is 0.0618. The summed E-state index contributed by atoms with van der Waals surface area (Å²) in [5.41, 5.74) is 0.940. The molecule has 0 saturated heterocycles. The summed E-state index contributed by atoms with van der Waals surface area (Å²) in [7, 11) is -4.91. The van der Waals surface area contributed by atoms with E-state index in [1.165, 1.54) is 0 Å². The molecule has 0 aromatic heterocycles. The van der Waals surface area contributed by atoms with E-state index in [-0.39, 0.29) is 13.0 Å². The normalized spacial score (nSPS) is 13.0. The van der Waals surface area contributed by atoms with Gasteiger partial charge in [0, 0.05) is 6.42 Å². The Labute approximate surface area is 110 Å². The minimum atomic E-state index is -4.91. The van der Waals surface area contributed by atoms with Crippen LogP contribution in [0, 0.1) is 0 Å². The number of hydrogen-bond acceptors (Lipinski definition) is 5. The number of ether oxygens (including phenoxy) is 1. The summed E-state index contributed by atoms with van der Waals surface area (Å²) in [4.78, 5) is 27.8. The van der Waals surface area contributed by atoms with E-state index in [4.69, 9.17) is 14.5 Å². The zero-order chi connectivity index (χ0) is 14.3. The predicted octanol–water partition coefficient (Wildman–Crippen LogP) is 0.590. The molecular weight excluding hydrogens is 275 g/mol. The highest BCUT2D eigenvalue weighted by Crippen LogP contribution is 2.36. The molecule has 106 valence electrons. The smallest absolute Gasteiger partial charge is 0.381 e. The van der Waals surface area contributed by atoms with E-state index in [1.807, 2.05) is 30.3 Å². The second kappa shape index (κ2) is 7.37. The molecule has 8 heteroatoms. The van der Waals surface area contributed by atoms with Crippen molar-refractivity contribution in [2.24, 2.45) is 0 Å². The van der Waals surface area contributed by atoms with Gasteiger partial charge in [-0.3, -0.25) is 9.79 Å². The van der Waals surface area contributed by atoms with Gasteiger partial charge in [-0.2, -0.15) is 0 Å². The molecular formula is C11H15O7P. The van der Waals surface area contributed by atoms with Crippen LogP contribution in [0.4, 0.5) is 0 Å². The van der Waals surface area contributed by atoms with Gasteiger partial charge in [-0.1, -0.05) is 30.3 Å². The van der Waals surface area contributed by atoms with Gasteiger partial charge < -0.3 is 14.4 Å². The Balaban J connectivity index is 2.22. The number of aliphatic hydroxyl groups excluding tert-OH is 1. The van der Waals surface area contributed by atoms with Gasteiger partial charge in [0.25, 0.3) is 0 Å². The molecule has 0 heterocycles. The third-order valence-corrected chi connectivity index (χ3v) is 2.55. The van der Waals surface area contributed by atoms with E-state index in [0.717, 1.165) is 5.56 Å². The Morgan fingerprint density at radius 2 is 1.89 bits per heavy atom. The largest absolute Gasteiger partial charge is 0.527 e. The topological polar surface area (TPSA) is 113 Å². The third kappa shape index (κ3) is 7.05. The van der Waals surface area contributed by atoms with Crippen LogP contribution in [0.15, 0.2) is 30.3 Å². The fourth-order valence-electron chi connectivity index (χ4n) is 1.26. The average molecular weight is 290 g/mol. The first kappa shape index (κ1) is 15.8. The predicted molar refractivity (Wildman–Crippen MR) is 64.9 cm³/mol. The molecule has 0 aliphatic carbocycles. The first-order valence-corrected chi connectivity index (χ1v) is 7.00. The monoisotopic (exact) mass is 290 g/mol. The molecule has 1 atom stereocenters. The van der Waals surface area contributed by atoms with E-state index in [9.17, 15) is 14.5 Å². The fraction of sp³-hybridized carbons (Fsp3) is 0.364. The summed E-state index contributed by atoms with van der Waals surface area (Å²) in [5, 5.41) is 9.28. The lowest BCUT2D eigenvalue weighted by molar-refractivity contribution is -0.146. The Hall–Kier alpha value is -1.24. The molecule has 0 radical (unpaired) electrons. The standard InChI is InChI=1S/C11H15O7P/c12-10(11(13)18-19(14,15)16)6-7-17-8-9-4-2-1-3-5-9/h1-5,10,12H,6-8H2,(H2,14,15,16). The number of phosphoric acid groups is 1. The SMILES string of the molecule is O=C(OP(=O)(O)O)C(O)CCOCc1ccccc1. The molecule has 0 aliphatic rings. The molecule has 0 bridgehead atoms. The van der Waals surface area contributed by atoms with Crippen molar-refractivity contribution in [3.05, 3.63) is 35.9 Å². The minimum Gasteiger partial charge on any atom is -0.381 e. The Bertz CT molecular complexity index is 442. The molecule has 19 heavy (non-hydrogen) atoms. The maximum atomic E-state index is 11.0. The summed E-state index contributed by atoms with van der Waals surface area (Å²) in [5.74, 6) is -1.36. The summed E-state index contributed by atoms with van der Waals surface area (Å²) in [6.45, 7) is 0.382. The molecule has 3 N–H and O–H groups in total. The van der Waals surface area contributed by atoms with E-state index in [1.54, 1.807) is 0 Å². The molecule has 0 fully saturated rings. The quantitative estimate of drug-likeness (QED) is 0.497. The van der Waals surface area contributed by atoms with Crippen molar-refractivity contribution in [1.29, 1.82) is 0 Å². The number of phosphoric ester groups is 1. The maximum absolute atomic E-state index is 11.0. The van der Waals surface area contributed by atoms with Gasteiger partial charge in [-0.05, 0) is 5.56 Å². The van der Waals surface area contributed by atoms with E-state index >= 15 is 0 Å². The fourth-order valence-corrected chi connectivity index (χ4v) is 1.61. The molecule has 1 unspecified atom stereocenters. The van der Waals surface area contributed by atoms with Crippen LogP contribution in [-0.2, 0) is 25.2 Å². The van der Waals surface area contributed by atoms with Gasteiger partial charge in [0.2, 0.25) is 0 Å². The van der Waals surface area contributed by atoms with Crippen LogP contribution in [0.3, 0.4) is 0 Å². The summed E-state index contributed by atoms with van der Waals surface area (Å²) in [6.07, 6.45) is -1.73. The zero-order valence-electron chi connectivity index (χ0n) is 10.0. The van der Waals surface area contributed by atoms with Crippen molar-refractivity contribution in [3.63, 3.8) is 0 Å². The highest BCUT2D eigenvalue weighted by Gasteiger charge is 2.25. The number of aliphatic hydroxyl groups is 1. The Morgan fingerprint density at radius 3 is 2.47 bits per heavy atom. The molecule has 0 aliphatic heterocycles. The Kier molecular flexibility index (Phi) is 6.14. The number of carbonyl (C=O) groups is 1. The maximum Gasteiger partial charge on any atom is 0.527 e. The molecule has 1 aromatic carbocycles. The third-order valence-electron chi connectivity index (χ3n) is 2.13. The van der Waals surface area contributed by atoms with Crippen LogP contribution in [-0.4, -0.2) is 33.6 Å². The van der Waals surface area contributed by atoms with Crippen LogP contribution in [0.2, 0.25) is 0 Å². The molecule has 0 amide bonds. The molecule has 0 spiro atoms. The van der Waals surface area contributed by atoms with Crippen LogP contribution in [0.1, 0.15) is 12.0 Å². The van der Waals surface area contributed by atoms with Gasteiger partial charge >= 0.3 is 13.8 Å². The summed E-state index contributed by atoms with van der Waals surface area (Å²) < 4.78 is 19.3. The average Bonchev–Trinajstić information content (AvgIpc) is 2.33. The number of hydrogen-bond donors (Lipinski definition) is 3. The van der Waals surface area contributed by atoms with Gasteiger partial charge in [0.15, 0.2) is 6.10 Å². The van der Waals surface area contributed by atoms with Gasteiger partial charge in [0.1, 0.15) is 0 Å². The van der Waals surface area contributed by atoms with Crippen LogP contribution >= 0.6 is 7.82 Å². The highest BCUT2D eigenvalue weighted by molar-refractivity contribution is 7.46. The molecule has 7 nitrogen and oxygen atoms in total. The van der Waals surface area contributed by atoms with Crippen LogP contribution in [0.25, 0.3) is 0 Å².